The first-order chi connectivity index (χ1) is 15.7. The summed E-state index contributed by atoms with van der Waals surface area (Å²) in [5.74, 6) is -0.0151. The smallest absolute Gasteiger partial charge is 0.254 e. The molecular weight excluding hydrogens is 400 g/mol. The van der Waals surface area contributed by atoms with Gasteiger partial charge in [0.15, 0.2) is 6.29 Å². The Morgan fingerprint density at radius 2 is 1.59 bits per heavy atom. The minimum absolute atomic E-state index is 0.0151. The van der Waals surface area contributed by atoms with Gasteiger partial charge in [-0.15, -0.1) is 0 Å². The fourth-order valence-corrected chi connectivity index (χ4v) is 4.12. The van der Waals surface area contributed by atoms with Crippen molar-refractivity contribution in [2.45, 2.75) is 0 Å². The van der Waals surface area contributed by atoms with E-state index >= 15 is 0 Å². The number of aromatic nitrogens is 1. The molecule has 0 aliphatic carbocycles. The molecule has 5 rings (SSSR count). The van der Waals surface area contributed by atoms with Crippen LogP contribution in [0.2, 0.25) is 0 Å². The summed E-state index contributed by atoms with van der Waals surface area (Å²) in [4.78, 5) is 30.9. The van der Waals surface area contributed by atoms with Crippen molar-refractivity contribution in [3.8, 4) is 22.3 Å². The highest BCUT2D eigenvalue weighted by molar-refractivity contribution is 6.03. The second-order valence-electron chi connectivity index (χ2n) is 7.80. The van der Waals surface area contributed by atoms with Crippen molar-refractivity contribution in [3.05, 3.63) is 90.1 Å². The fourth-order valence-electron chi connectivity index (χ4n) is 4.12. The lowest BCUT2D eigenvalue weighted by Crippen LogP contribution is -2.40. The lowest BCUT2D eigenvalue weighted by atomic mass is 9.95. The van der Waals surface area contributed by atoms with Gasteiger partial charge in [-0.1, -0.05) is 48.5 Å². The van der Waals surface area contributed by atoms with Crippen molar-refractivity contribution >= 4 is 23.1 Å². The molecule has 1 amide bonds. The van der Waals surface area contributed by atoms with Crippen LogP contribution in [-0.2, 0) is 4.74 Å². The van der Waals surface area contributed by atoms with E-state index in [1.165, 1.54) is 0 Å². The molecule has 0 N–H and O–H groups in total. The Kier molecular flexibility index (Phi) is 5.48. The summed E-state index contributed by atoms with van der Waals surface area (Å²) < 4.78 is 5.37. The highest BCUT2D eigenvalue weighted by Gasteiger charge is 2.20. The van der Waals surface area contributed by atoms with Gasteiger partial charge in [0.05, 0.1) is 18.7 Å². The van der Waals surface area contributed by atoms with Crippen LogP contribution in [0.25, 0.3) is 33.2 Å². The summed E-state index contributed by atoms with van der Waals surface area (Å²) >= 11 is 0. The predicted octanol–water partition coefficient (Wildman–Crippen LogP) is 4.85. The SMILES string of the molecule is O=Cc1cc(-c2cccc(-c3ccccc3)c2)c2cc(C(=O)N3CCOCC3)ccc2n1. The van der Waals surface area contributed by atoms with Crippen molar-refractivity contribution in [2.75, 3.05) is 26.3 Å². The summed E-state index contributed by atoms with van der Waals surface area (Å²) in [5.41, 5.74) is 5.72. The molecule has 0 radical (unpaired) electrons. The third kappa shape index (κ3) is 3.90. The van der Waals surface area contributed by atoms with Gasteiger partial charge in [0, 0.05) is 24.0 Å². The van der Waals surface area contributed by atoms with Gasteiger partial charge in [-0.25, -0.2) is 4.98 Å². The summed E-state index contributed by atoms with van der Waals surface area (Å²) in [7, 11) is 0. The molecular formula is C27H22N2O3. The minimum atomic E-state index is -0.0151. The Balaban J connectivity index is 1.63. The van der Waals surface area contributed by atoms with Crippen LogP contribution in [0, 0.1) is 0 Å². The standard InChI is InChI=1S/C27H22N2O3/c30-18-23-17-24(21-8-4-7-20(15-21)19-5-2-1-3-6-19)25-16-22(9-10-26(25)28-23)27(31)29-11-13-32-14-12-29/h1-10,15-18H,11-14H2. The first-order valence-electron chi connectivity index (χ1n) is 10.7. The first kappa shape index (κ1) is 20.1. The molecule has 5 heteroatoms. The van der Waals surface area contributed by atoms with E-state index in [1.807, 2.05) is 47.4 Å². The van der Waals surface area contributed by atoms with Crippen molar-refractivity contribution < 1.29 is 14.3 Å². The van der Waals surface area contributed by atoms with Crippen LogP contribution in [-0.4, -0.2) is 48.4 Å². The molecule has 4 aromatic rings. The number of rotatable bonds is 4. The third-order valence-electron chi connectivity index (χ3n) is 5.78. The zero-order valence-corrected chi connectivity index (χ0v) is 17.5. The number of morpholine rings is 1. The second kappa shape index (κ2) is 8.73. The van der Waals surface area contributed by atoms with Crippen molar-refractivity contribution in [3.63, 3.8) is 0 Å². The average molecular weight is 422 g/mol. The number of hydrogen-bond donors (Lipinski definition) is 0. The van der Waals surface area contributed by atoms with E-state index in [2.05, 4.69) is 29.2 Å². The molecule has 1 aromatic heterocycles. The normalized spacial score (nSPS) is 13.8. The molecule has 1 fully saturated rings. The van der Waals surface area contributed by atoms with E-state index < -0.39 is 0 Å². The number of carbonyl (C=O) groups excluding carboxylic acids is 2. The lowest BCUT2D eigenvalue weighted by Gasteiger charge is -2.27. The number of fused-ring (bicyclic) bond motifs is 1. The molecule has 158 valence electrons. The highest BCUT2D eigenvalue weighted by atomic mass is 16.5. The highest BCUT2D eigenvalue weighted by Crippen LogP contribution is 2.32. The molecule has 0 spiro atoms. The second-order valence-corrected chi connectivity index (χ2v) is 7.80. The van der Waals surface area contributed by atoms with Gasteiger partial charge in [-0.05, 0) is 52.6 Å². The van der Waals surface area contributed by atoms with Crippen molar-refractivity contribution in [2.24, 2.45) is 0 Å². The number of aldehydes is 1. The van der Waals surface area contributed by atoms with Crippen molar-refractivity contribution in [1.29, 1.82) is 0 Å². The largest absolute Gasteiger partial charge is 0.378 e. The number of amides is 1. The van der Waals surface area contributed by atoms with Gasteiger partial charge >= 0.3 is 0 Å². The van der Waals surface area contributed by atoms with E-state index in [4.69, 9.17) is 4.74 Å². The number of hydrogen-bond acceptors (Lipinski definition) is 4. The maximum Gasteiger partial charge on any atom is 0.254 e. The van der Waals surface area contributed by atoms with E-state index in [1.54, 1.807) is 12.1 Å². The Hall–Kier alpha value is -3.83. The molecule has 1 aliphatic heterocycles. The van der Waals surface area contributed by atoms with Gasteiger partial charge in [0.2, 0.25) is 0 Å². The molecule has 0 unspecified atom stereocenters. The Morgan fingerprint density at radius 3 is 2.38 bits per heavy atom. The Bertz CT molecular complexity index is 1300. The van der Waals surface area contributed by atoms with Crippen LogP contribution in [0.1, 0.15) is 20.8 Å². The number of carbonyl (C=O) groups is 2. The summed E-state index contributed by atoms with van der Waals surface area (Å²) in [5, 5.41) is 0.847. The number of nitrogens with zero attached hydrogens (tertiary/aromatic N) is 2. The van der Waals surface area contributed by atoms with Crippen LogP contribution < -0.4 is 0 Å². The molecule has 5 nitrogen and oxygen atoms in total. The third-order valence-corrected chi connectivity index (χ3v) is 5.78. The maximum absolute atomic E-state index is 13.0. The quantitative estimate of drug-likeness (QED) is 0.441. The van der Waals surface area contributed by atoms with Crippen molar-refractivity contribution in [1.82, 2.24) is 9.88 Å². The van der Waals surface area contributed by atoms with E-state index in [-0.39, 0.29) is 5.91 Å². The summed E-state index contributed by atoms with van der Waals surface area (Å²) in [6, 6.07) is 25.6. The van der Waals surface area contributed by atoms with Gasteiger partial charge < -0.3 is 9.64 Å². The topological polar surface area (TPSA) is 59.5 Å². The van der Waals surface area contributed by atoms with Gasteiger partial charge in [0.1, 0.15) is 5.69 Å². The van der Waals surface area contributed by atoms with Crippen LogP contribution in [0.5, 0.6) is 0 Å². The average Bonchev–Trinajstić information content (AvgIpc) is 2.88. The van der Waals surface area contributed by atoms with Crippen LogP contribution in [0.4, 0.5) is 0 Å². The van der Waals surface area contributed by atoms with E-state index in [0.717, 1.165) is 33.9 Å². The van der Waals surface area contributed by atoms with Crippen LogP contribution >= 0.6 is 0 Å². The van der Waals surface area contributed by atoms with E-state index in [9.17, 15) is 9.59 Å². The number of benzene rings is 3. The monoisotopic (exact) mass is 422 g/mol. The molecule has 2 heterocycles. The molecule has 0 bridgehead atoms. The van der Waals surface area contributed by atoms with E-state index in [0.29, 0.717) is 43.1 Å². The fraction of sp³-hybridized carbons (Fsp3) is 0.148. The van der Waals surface area contributed by atoms with Gasteiger partial charge in [-0.2, -0.15) is 0 Å². The minimum Gasteiger partial charge on any atom is -0.378 e. The Morgan fingerprint density at radius 1 is 0.844 bits per heavy atom. The van der Waals surface area contributed by atoms with Gasteiger partial charge in [-0.3, -0.25) is 9.59 Å². The zero-order chi connectivity index (χ0) is 21.9. The molecule has 3 aromatic carbocycles. The lowest BCUT2D eigenvalue weighted by molar-refractivity contribution is 0.0303. The summed E-state index contributed by atoms with van der Waals surface area (Å²) in [6.07, 6.45) is 0.761. The predicted molar refractivity (Wildman–Crippen MR) is 125 cm³/mol. The number of pyridine rings is 1. The Labute approximate surface area is 186 Å². The maximum atomic E-state index is 13.0. The molecule has 1 aliphatic rings. The number of ether oxygens (including phenoxy) is 1. The van der Waals surface area contributed by atoms with Gasteiger partial charge in [0.25, 0.3) is 5.91 Å². The van der Waals surface area contributed by atoms with Crippen LogP contribution in [0.3, 0.4) is 0 Å². The summed E-state index contributed by atoms with van der Waals surface area (Å²) in [6.45, 7) is 2.29. The molecule has 1 saturated heterocycles. The zero-order valence-electron chi connectivity index (χ0n) is 17.5. The molecule has 32 heavy (non-hydrogen) atoms. The molecule has 0 atom stereocenters. The van der Waals surface area contributed by atoms with Crippen LogP contribution in [0.15, 0.2) is 78.9 Å². The molecule has 0 saturated carbocycles. The first-order valence-corrected chi connectivity index (χ1v) is 10.7.